The number of esters is 1. The molecule has 1 N–H and O–H groups in total. The standard InChI is InChI=1S/C21H31N5O7S/c1-21(2,3)22-12-17(14-31-19-18(23-34-24-19)25(4)9-10-30-5)33-20(27)16-8-6-7-15(11-16)13-32-26(28)29/h6-8,11,17,22H,9-10,12-14H2,1-5H3. The zero-order valence-electron chi connectivity index (χ0n) is 20.0. The zero-order valence-corrected chi connectivity index (χ0v) is 20.8. The van der Waals surface area contributed by atoms with E-state index in [9.17, 15) is 14.9 Å². The van der Waals surface area contributed by atoms with Gasteiger partial charge >= 0.3 is 5.97 Å². The van der Waals surface area contributed by atoms with Crippen LogP contribution >= 0.6 is 11.7 Å². The van der Waals surface area contributed by atoms with E-state index in [0.717, 1.165) is 11.7 Å². The summed E-state index contributed by atoms with van der Waals surface area (Å²) in [4.78, 5) is 29.5. The number of benzene rings is 1. The Balaban J connectivity index is 2.07. The van der Waals surface area contributed by atoms with Gasteiger partial charge in [-0.3, -0.25) is 0 Å². The number of ether oxygens (including phenoxy) is 3. The van der Waals surface area contributed by atoms with E-state index in [1.165, 1.54) is 6.07 Å². The number of anilines is 1. The van der Waals surface area contributed by atoms with Gasteiger partial charge in [-0.1, -0.05) is 12.1 Å². The average molecular weight is 498 g/mol. The van der Waals surface area contributed by atoms with E-state index in [1.54, 1.807) is 25.3 Å². The summed E-state index contributed by atoms with van der Waals surface area (Å²) in [6.07, 6.45) is -0.635. The van der Waals surface area contributed by atoms with E-state index in [1.807, 2.05) is 32.7 Å². The van der Waals surface area contributed by atoms with Crippen molar-refractivity contribution >= 4 is 23.5 Å². The van der Waals surface area contributed by atoms with Crippen molar-refractivity contribution in [2.75, 3.05) is 45.4 Å². The lowest BCUT2D eigenvalue weighted by Crippen LogP contribution is -2.44. The molecule has 1 aromatic carbocycles. The number of nitrogens with zero attached hydrogens (tertiary/aromatic N) is 4. The Bertz CT molecular complexity index is 934. The number of carbonyl (C=O) groups excluding carboxylic acids is 1. The molecule has 0 radical (unpaired) electrons. The summed E-state index contributed by atoms with van der Waals surface area (Å²) >= 11 is 1.03. The first kappa shape index (κ1) is 27.2. The van der Waals surface area contributed by atoms with Crippen LogP contribution in [0, 0.1) is 10.1 Å². The third kappa shape index (κ3) is 9.45. The molecule has 12 nitrogen and oxygen atoms in total. The number of rotatable bonds is 14. The van der Waals surface area contributed by atoms with Crippen LogP contribution in [-0.4, -0.2) is 71.9 Å². The number of aromatic nitrogens is 2. The molecule has 1 heterocycles. The van der Waals surface area contributed by atoms with Gasteiger partial charge in [-0.05, 0) is 38.5 Å². The fourth-order valence-electron chi connectivity index (χ4n) is 2.70. The second-order valence-electron chi connectivity index (χ2n) is 8.47. The number of hydrogen-bond acceptors (Lipinski definition) is 12. The summed E-state index contributed by atoms with van der Waals surface area (Å²) in [5.41, 5.74) is 0.516. The predicted octanol–water partition coefficient (Wildman–Crippen LogP) is 2.32. The minimum Gasteiger partial charge on any atom is -0.470 e. The molecule has 1 aromatic heterocycles. The monoisotopic (exact) mass is 497 g/mol. The van der Waals surface area contributed by atoms with E-state index in [0.29, 0.717) is 37.0 Å². The van der Waals surface area contributed by atoms with E-state index >= 15 is 0 Å². The predicted molar refractivity (Wildman–Crippen MR) is 126 cm³/mol. The van der Waals surface area contributed by atoms with E-state index in [2.05, 4.69) is 18.9 Å². The summed E-state index contributed by atoms with van der Waals surface area (Å²) < 4.78 is 25.1. The summed E-state index contributed by atoms with van der Waals surface area (Å²) in [6.45, 7) is 7.26. The van der Waals surface area contributed by atoms with Crippen LogP contribution in [0.1, 0.15) is 36.7 Å². The highest BCUT2D eigenvalue weighted by atomic mass is 32.1. The lowest BCUT2D eigenvalue weighted by atomic mass is 10.1. The van der Waals surface area contributed by atoms with Crippen molar-refractivity contribution in [3.05, 3.63) is 45.5 Å². The molecule has 2 aromatic rings. The second-order valence-corrected chi connectivity index (χ2v) is 9.00. The molecular weight excluding hydrogens is 466 g/mol. The second kappa shape index (κ2) is 13.0. The highest BCUT2D eigenvalue weighted by Crippen LogP contribution is 2.24. The van der Waals surface area contributed by atoms with Crippen LogP contribution < -0.4 is 15.0 Å². The van der Waals surface area contributed by atoms with Gasteiger partial charge in [-0.2, -0.15) is 4.37 Å². The SMILES string of the molecule is COCCN(C)c1nsnc1OCC(CNC(C)(C)C)OC(=O)c1cccc(CO[N+](=O)[O-])c1. The van der Waals surface area contributed by atoms with E-state index < -0.39 is 17.2 Å². The number of likely N-dealkylation sites (N-methyl/N-ethyl adjacent to an activating group) is 1. The molecule has 34 heavy (non-hydrogen) atoms. The molecule has 0 saturated heterocycles. The topological polar surface area (TPSA) is 138 Å². The smallest absolute Gasteiger partial charge is 0.338 e. The van der Waals surface area contributed by atoms with Gasteiger partial charge in [0.2, 0.25) is 5.82 Å². The van der Waals surface area contributed by atoms with Crippen LogP contribution in [0.25, 0.3) is 0 Å². The molecule has 2 rings (SSSR count). The van der Waals surface area contributed by atoms with Gasteiger partial charge in [-0.25, -0.2) is 4.79 Å². The molecule has 188 valence electrons. The van der Waals surface area contributed by atoms with Gasteiger partial charge < -0.3 is 29.3 Å². The van der Waals surface area contributed by atoms with Gasteiger partial charge in [0, 0.05) is 32.8 Å². The van der Waals surface area contributed by atoms with Crippen LogP contribution in [0.15, 0.2) is 24.3 Å². The van der Waals surface area contributed by atoms with Crippen molar-refractivity contribution in [2.24, 2.45) is 0 Å². The maximum absolute atomic E-state index is 12.8. The fraction of sp³-hybridized carbons (Fsp3) is 0.571. The van der Waals surface area contributed by atoms with Crippen LogP contribution in [0.3, 0.4) is 0 Å². The maximum atomic E-state index is 12.8. The Kier molecular flexibility index (Phi) is 10.4. The summed E-state index contributed by atoms with van der Waals surface area (Å²) in [6, 6.07) is 6.30. The van der Waals surface area contributed by atoms with Gasteiger partial charge in [0.05, 0.1) is 23.9 Å². The minimum absolute atomic E-state index is 0.0511. The first-order valence-electron chi connectivity index (χ1n) is 10.6. The normalized spacial score (nSPS) is 12.1. The Hall–Kier alpha value is -3.03. The molecule has 1 unspecified atom stereocenters. The van der Waals surface area contributed by atoms with Crippen LogP contribution in [-0.2, 0) is 20.9 Å². The molecule has 0 bridgehead atoms. The number of carbonyl (C=O) groups is 1. The molecule has 13 heteroatoms. The molecule has 0 saturated carbocycles. The van der Waals surface area contributed by atoms with Crippen molar-refractivity contribution in [3.63, 3.8) is 0 Å². The third-order valence-corrected chi connectivity index (χ3v) is 4.98. The van der Waals surface area contributed by atoms with Crippen molar-refractivity contribution in [3.8, 4) is 5.88 Å². The number of nitrogens with one attached hydrogen (secondary N) is 1. The highest BCUT2D eigenvalue weighted by molar-refractivity contribution is 6.99. The molecule has 1 atom stereocenters. The molecule has 0 aliphatic heterocycles. The molecule has 0 aliphatic rings. The van der Waals surface area contributed by atoms with Crippen molar-refractivity contribution < 1.29 is 28.9 Å². The van der Waals surface area contributed by atoms with E-state index in [4.69, 9.17) is 14.2 Å². The molecule has 0 aliphatic carbocycles. The largest absolute Gasteiger partial charge is 0.470 e. The Labute approximate surface area is 202 Å². The van der Waals surface area contributed by atoms with Crippen molar-refractivity contribution in [1.82, 2.24) is 14.1 Å². The lowest BCUT2D eigenvalue weighted by molar-refractivity contribution is -0.763. The lowest BCUT2D eigenvalue weighted by Gasteiger charge is -2.25. The zero-order chi connectivity index (χ0) is 25.1. The Morgan fingerprint density at radius 2 is 2.09 bits per heavy atom. The van der Waals surface area contributed by atoms with Gasteiger partial charge in [0.1, 0.15) is 19.3 Å². The van der Waals surface area contributed by atoms with Gasteiger partial charge in [-0.15, -0.1) is 14.5 Å². The molecule has 0 spiro atoms. The average Bonchev–Trinajstić information content (AvgIpc) is 3.26. The first-order valence-corrected chi connectivity index (χ1v) is 11.3. The number of hydrogen-bond donors (Lipinski definition) is 1. The Morgan fingerprint density at radius 3 is 2.76 bits per heavy atom. The number of methoxy groups -OCH3 is 1. The molecular formula is C21H31N5O7S. The highest BCUT2D eigenvalue weighted by Gasteiger charge is 2.22. The summed E-state index contributed by atoms with van der Waals surface area (Å²) in [7, 11) is 3.48. The van der Waals surface area contributed by atoms with Gasteiger partial charge in [0.15, 0.2) is 0 Å². The fourth-order valence-corrected chi connectivity index (χ4v) is 3.24. The maximum Gasteiger partial charge on any atom is 0.338 e. The van der Waals surface area contributed by atoms with Crippen molar-refractivity contribution in [1.29, 1.82) is 0 Å². The summed E-state index contributed by atoms with van der Waals surface area (Å²) in [5.74, 6) is 0.342. The van der Waals surface area contributed by atoms with Crippen LogP contribution in [0.2, 0.25) is 0 Å². The quantitative estimate of drug-likeness (QED) is 0.234. The third-order valence-electron chi connectivity index (χ3n) is 4.47. The van der Waals surface area contributed by atoms with Crippen molar-refractivity contribution in [2.45, 2.75) is 39.0 Å². The summed E-state index contributed by atoms with van der Waals surface area (Å²) in [5, 5.41) is 12.9. The van der Waals surface area contributed by atoms with E-state index in [-0.39, 0.29) is 24.3 Å². The minimum atomic E-state index is -0.884. The molecule has 0 fully saturated rings. The van der Waals surface area contributed by atoms with Crippen LogP contribution in [0.4, 0.5) is 5.82 Å². The van der Waals surface area contributed by atoms with Crippen LogP contribution in [0.5, 0.6) is 5.88 Å². The van der Waals surface area contributed by atoms with Gasteiger partial charge in [0.25, 0.3) is 11.0 Å². The Morgan fingerprint density at radius 1 is 1.32 bits per heavy atom. The first-order chi connectivity index (χ1) is 16.1. The molecule has 0 amide bonds.